The van der Waals surface area contributed by atoms with Crippen LogP contribution in [0.25, 0.3) is 0 Å². The molecular weight excluding hydrogens is 490 g/mol. The summed E-state index contributed by atoms with van der Waals surface area (Å²) in [6, 6.07) is 3.75. The lowest BCUT2D eigenvalue weighted by Gasteiger charge is -2.22. The molecule has 2 N–H and O–H groups in total. The normalized spacial score (nSPS) is 13.2. The van der Waals surface area contributed by atoms with Gasteiger partial charge in [-0.3, -0.25) is 19.2 Å². The fourth-order valence-electron chi connectivity index (χ4n) is 3.50. The molecule has 0 amide bonds. The number of carbonyl (C=O) groups is 4. The Labute approximate surface area is 226 Å². The quantitative estimate of drug-likeness (QED) is 0.153. The van der Waals surface area contributed by atoms with Crippen molar-refractivity contribution < 1.29 is 38.1 Å². The number of hydrogen-bond donors (Lipinski definition) is 1. The van der Waals surface area contributed by atoms with Gasteiger partial charge in [-0.15, -0.1) is 0 Å². The lowest BCUT2D eigenvalue weighted by atomic mass is 10.1. The van der Waals surface area contributed by atoms with E-state index in [-0.39, 0.29) is 36.7 Å². The molecule has 0 saturated heterocycles. The molecule has 0 aromatic heterocycles. The third-order valence-corrected chi connectivity index (χ3v) is 5.92. The van der Waals surface area contributed by atoms with Gasteiger partial charge in [-0.05, 0) is 57.2 Å². The highest BCUT2D eigenvalue weighted by Gasteiger charge is 2.25. The SMILES string of the molecule is CCCCCC(=O)Oc1ccc(C[C@H](N)C(=O)O[C@@H](C)C(C)OC(=O)CCC)cc1OC(=O)CCCCC. The summed E-state index contributed by atoms with van der Waals surface area (Å²) in [6.45, 7) is 9.25. The Bertz CT molecular complexity index is 901. The number of hydrogen-bond acceptors (Lipinski definition) is 9. The summed E-state index contributed by atoms with van der Waals surface area (Å²) in [4.78, 5) is 48.9. The maximum atomic E-state index is 12.6. The highest BCUT2D eigenvalue weighted by Crippen LogP contribution is 2.30. The summed E-state index contributed by atoms with van der Waals surface area (Å²) >= 11 is 0. The van der Waals surface area contributed by atoms with E-state index in [1.807, 2.05) is 20.8 Å². The molecule has 9 heteroatoms. The van der Waals surface area contributed by atoms with Gasteiger partial charge in [0, 0.05) is 19.3 Å². The summed E-state index contributed by atoms with van der Waals surface area (Å²) < 4.78 is 21.7. The molecule has 1 unspecified atom stereocenters. The highest BCUT2D eigenvalue weighted by molar-refractivity contribution is 5.77. The lowest BCUT2D eigenvalue weighted by Crippen LogP contribution is -2.39. The maximum Gasteiger partial charge on any atom is 0.323 e. The van der Waals surface area contributed by atoms with Crippen LogP contribution in [0.15, 0.2) is 18.2 Å². The Morgan fingerprint density at radius 1 is 0.711 bits per heavy atom. The van der Waals surface area contributed by atoms with Gasteiger partial charge in [0.25, 0.3) is 0 Å². The van der Waals surface area contributed by atoms with Gasteiger partial charge in [0.15, 0.2) is 11.5 Å². The summed E-state index contributed by atoms with van der Waals surface area (Å²) in [5.74, 6) is -1.58. The minimum atomic E-state index is -1.01. The van der Waals surface area contributed by atoms with Crippen LogP contribution >= 0.6 is 0 Å². The smallest absolute Gasteiger partial charge is 0.323 e. The number of carbonyl (C=O) groups excluding carboxylic acids is 4. The van der Waals surface area contributed by atoms with E-state index in [2.05, 4.69) is 0 Å². The van der Waals surface area contributed by atoms with E-state index in [1.165, 1.54) is 6.07 Å². The minimum Gasteiger partial charge on any atom is -0.459 e. The van der Waals surface area contributed by atoms with Crippen LogP contribution in [-0.2, 0) is 35.1 Å². The Morgan fingerprint density at radius 3 is 1.82 bits per heavy atom. The van der Waals surface area contributed by atoms with E-state index in [0.717, 1.165) is 25.7 Å². The molecule has 1 aromatic rings. The molecule has 1 rings (SSSR count). The van der Waals surface area contributed by atoms with Gasteiger partial charge in [-0.1, -0.05) is 52.5 Å². The Kier molecular flexibility index (Phi) is 16.0. The maximum absolute atomic E-state index is 12.6. The fraction of sp³-hybridized carbons (Fsp3) is 0.655. The predicted octanol–water partition coefficient (Wildman–Crippen LogP) is 5.19. The zero-order valence-electron chi connectivity index (χ0n) is 23.6. The molecular formula is C29H45NO8. The average Bonchev–Trinajstić information content (AvgIpc) is 2.85. The molecule has 214 valence electrons. The molecule has 1 aromatic carbocycles. The molecule has 0 radical (unpaired) electrons. The first-order chi connectivity index (χ1) is 18.1. The van der Waals surface area contributed by atoms with E-state index in [0.29, 0.717) is 31.2 Å². The summed E-state index contributed by atoms with van der Waals surface area (Å²) in [7, 11) is 0. The first-order valence-corrected chi connectivity index (χ1v) is 13.8. The van der Waals surface area contributed by atoms with Crippen LogP contribution in [0, 0.1) is 0 Å². The largest absolute Gasteiger partial charge is 0.459 e. The highest BCUT2D eigenvalue weighted by atomic mass is 16.6. The van der Waals surface area contributed by atoms with Gasteiger partial charge >= 0.3 is 23.9 Å². The van der Waals surface area contributed by atoms with E-state index >= 15 is 0 Å². The first kappa shape index (κ1) is 33.1. The van der Waals surface area contributed by atoms with Gasteiger partial charge in [-0.25, -0.2) is 0 Å². The second-order valence-corrected chi connectivity index (χ2v) is 9.54. The van der Waals surface area contributed by atoms with Crippen LogP contribution in [0.1, 0.15) is 104 Å². The van der Waals surface area contributed by atoms with Crippen LogP contribution in [0.4, 0.5) is 0 Å². The number of rotatable bonds is 18. The lowest BCUT2D eigenvalue weighted by molar-refractivity contribution is -0.166. The van der Waals surface area contributed by atoms with Crippen LogP contribution in [0.5, 0.6) is 11.5 Å². The standard InChI is InChI=1S/C29H45NO8/c1-6-9-11-14-27(32)37-24-17-16-22(19-25(24)38-28(33)15-12-10-7-2)18-23(30)29(34)36-21(5)20(4)35-26(31)13-8-3/h16-17,19-21,23H,6-15,18,30H2,1-5H3/t20?,21-,23-/m0/s1. The molecule has 0 heterocycles. The second kappa shape index (κ2) is 18.3. The fourth-order valence-corrected chi connectivity index (χ4v) is 3.50. The van der Waals surface area contributed by atoms with Crippen molar-refractivity contribution in [1.29, 1.82) is 0 Å². The Morgan fingerprint density at radius 2 is 1.26 bits per heavy atom. The third-order valence-electron chi connectivity index (χ3n) is 5.92. The zero-order valence-corrected chi connectivity index (χ0v) is 23.6. The molecule has 0 aliphatic carbocycles. The molecule has 0 spiro atoms. The number of benzene rings is 1. The van der Waals surface area contributed by atoms with Crippen molar-refractivity contribution in [2.45, 2.75) is 123 Å². The van der Waals surface area contributed by atoms with E-state index in [1.54, 1.807) is 26.0 Å². The number of esters is 4. The van der Waals surface area contributed by atoms with E-state index in [9.17, 15) is 19.2 Å². The van der Waals surface area contributed by atoms with Crippen LogP contribution in [0.3, 0.4) is 0 Å². The van der Waals surface area contributed by atoms with Crippen molar-refractivity contribution in [1.82, 2.24) is 0 Å². The zero-order chi connectivity index (χ0) is 28.5. The first-order valence-electron chi connectivity index (χ1n) is 13.8. The van der Waals surface area contributed by atoms with Gasteiger partial charge < -0.3 is 24.7 Å². The van der Waals surface area contributed by atoms with Gasteiger partial charge in [0.05, 0.1) is 0 Å². The Hall–Kier alpha value is -2.94. The van der Waals surface area contributed by atoms with Crippen molar-refractivity contribution >= 4 is 23.9 Å². The van der Waals surface area contributed by atoms with E-state index < -0.39 is 36.2 Å². The summed E-state index contributed by atoms with van der Waals surface area (Å²) in [5, 5.41) is 0. The summed E-state index contributed by atoms with van der Waals surface area (Å²) in [5.41, 5.74) is 6.69. The summed E-state index contributed by atoms with van der Waals surface area (Å²) in [6.07, 6.45) is 5.45. The molecule has 0 aliphatic rings. The van der Waals surface area contributed by atoms with Crippen molar-refractivity contribution in [2.24, 2.45) is 5.73 Å². The monoisotopic (exact) mass is 535 g/mol. The van der Waals surface area contributed by atoms with Gasteiger partial charge in [0.1, 0.15) is 18.2 Å². The van der Waals surface area contributed by atoms with Crippen LogP contribution in [0.2, 0.25) is 0 Å². The molecule has 9 nitrogen and oxygen atoms in total. The molecule has 0 aliphatic heterocycles. The topological polar surface area (TPSA) is 131 Å². The van der Waals surface area contributed by atoms with Crippen LogP contribution < -0.4 is 15.2 Å². The second-order valence-electron chi connectivity index (χ2n) is 9.54. The van der Waals surface area contributed by atoms with Crippen molar-refractivity contribution in [3.63, 3.8) is 0 Å². The molecule has 0 fully saturated rings. The van der Waals surface area contributed by atoms with Gasteiger partial charge in [0.2, 0.25) is 0 Å². The van der Waals surface area contributed by atoms with Gasteiger partial charge in [-0.2, -0.15) is 0 Å². The van der Waals surface area contributed by atoms with Crippen molar-refractivity contribution in [3.8, 4) is 11.5 Å². The Balaban J connectivity index is 2.89. The molecule has 0 saturated carbocycles. The number of unbranched alkanes of at least 4 members (excludes halogenated alkanes) is 4. The number of ether oxygens (including phenoxy) is 4. The van der Waals surface area contributed by atoms with Crippen LogP contribution in [-0.4, -0.2) is 42.1 Å². The number of nitrogens with two attached hydrogens (primary N) is 1. The molecule has 0 bridgehead atoms. The van der Waals surface area contributed by atoms with Crippen molar-refractivity contribution in [2.75, 3.05) is 0 Å². The average molecular weight is 536 g/mol. The molecule has 38 heavy (non-hydrogen) atoms. The molecule has 3 atom stereocenters. The van der Waals surface area contributed by atoms with E-state index in [4.69, 9.17) is 24.7 Å². The minimum absolute atomic E-state index is 0.0979. The van der Waals surface area contributed by atoms with Crippen molar-refractivity contribution in [3.05, 3.63) is 23.8 Å². The third kappa shape index (κ3) is 13.0. The predicted molar refractivity (Wildman–Crippen MR) is 144 cm³/mol.